The third-order valence-electron chi connectivity index (χ3n) is 3.43. The molecule has 0 aliphatic heterocycles. The Labute approximate surface area is 128 Å². The minimum Gasteiger partial charge on any atom is -0.224 e. The van der Waals surface area contributed by atoms with E-state index in [0.717, 1.165) is 37.1 Å². The van der Waals surface area contributed by atoms with E-state index in [1.54, 1.807) is 12.1 Å². The maximum absolute atomic E-state index is 12.1. The quantitative estimate of drug-likeness (QED) is 0.461. The third-order valence-corrected chi connectivity index (χ3v) is 5.51. The second-order valence-corrected chi connectivity index (χ2v) is 7.78. The lowest BCUT2D eigenvalue weighted by Gasteiger charge is -2.05. The van der Waals surface area contributed by atoms with Crippen LogP contribution in [0.1, 0.15) is 50.5 Å². The highest BCUT2D eigenvalue weighted by Crippen LogP contribution is 2.15. The molecule has 0 bridgehead atoms. The molecule has 0 radical (unpaired) electrons. The highest BCUT2D eigenvalue weighted by Gasteiger charge is 2.13. The summed E-state index contributed by atoms with van der Waals surface area (Å²) >= 11 is 5.62. The summed E-state index contributed by atoms with van der Waals surface area (Å²) in [5.41, 5.74) is 1.08. The van der Waals surface area contributed by atoms with Crippen LogP contribution in [0.2, 0.25) is 0 Å². The van der Waals surface area contributed by atoms with Crippen LogP contribution in [0.25, 0.3) is 0 Å². The number of unbranched alkanes of at least 4 members (excludes halogenated alkanes) is 6. The van der Waals surface area contributed by atoms with Crippen LogP contribution >= 0.6 is 11.6 Å². The number of sulfone groups is 1. The first-order chi connectivity index (χ1) is 9.56. The van der Waals surface area contributed by atoms with Crippen molar-refractivity contribution in [2.45, 2.75) is 56.8 Å². The summed E-state index contributed by atoms with van der Waals surface area (Å²) in [6.07, 6.45) is 7.52. The summed E-state index contributed by atoms with van der Waals surface area (Å²) in [4.78, 5) is 0.449. The predicted octanol–water partition coefficient (Wildman–Crippen LogP) is 4.74. The molecule has 0 spiro atoms. The minimum atomic E-state index is -3.10. The van der Waals surface area contributed by atoms with Gasteiger partial charge in [-0.1, -0.05) is 49.8 Å². The van der Waals surface area contributed by atoms with Gasteiger partial charge in [0, 0.05) is 5.88 Å². The van der Waals surface area contributed by atoms with Crippen molar-refractivity contribution in [3.05, 3.63) is 29.8 Å². The molecule has 0 N–H and O–H groups in total. The van der Waals surface area contributed by atoms with Crippen LogP contribution < -0.4 is 0 Å². The van der Waals surface area contributed by atoms with Crippen LogP contribution in [-0.4, -0.2) is 20.1 Å². The highest BCUT2D eigenvalue weighted by molar-refractivity contribution is 7.91. The van der Waals surface area contributed by atoms with Crippen molar-refractivity contribution in [2.24, 2.45) is 0 Å². The lowest BCUT2D eigenvalue weighted by Crippen LogP contribution is -2.06. The van der Waals surface area contributed by atoms with Gasteiger partial charge in [0.2, 0.25) is 0 Å². The van der Waals surface area contributed by atoms with Crippen molar-refractivity contribution >= 4 is 21.4 Å². The van der Waals surface area contributed by atoms with Crippen LogP contribution in [0.4, 0.5) is 0 Å². The molecule has 20 heavy (non-hydrogen) atoms. The molecule has 0 saturated heterocycles. The number of aryl methyl sites for hydroxylation is 1. The summed E-state index contributed by atoms with van der Waals surface area (Å²) in [6.45, 7) is 1.96. The molecule has 1 aromatic rings. The van der Waals surface area contributed by atoms with Crippen molar-refractivity contribution in [2.75, 3.05) is 11.6 Å². The predicted molar refractivity (Wildman–Crippen MR) is 86.3 cm³/mol. The summed E-state index contributed by atoms with van der Waals surface area (Å²) in [7, 11) is -3.10. The van der Waals surface area contributed by atoms with E-state index < -0.39 is 9.84 Å². The molecule has 0 saturated carbocycles. The summed E-state index contributed by atoms with van der Waals surface area (Å²) < 4.78 is 24.2. The van der Waals surface area contributed by atoms with E-state index in [1.807, 2.05) is 19.1 Å². The molecular formula is C16H25ClO2S. The lowest BCUT2D eigenvalue weighted by molar-refractivity contribution is 0.579. The Morgan fingerprint density at radius 3 is 1.90 bits per heavy atom. The summed E-state index contributed by atoms with van der Waals surface area (Å²) in [5, 5.41) is 0. The molecule has 0 aliphatic rings. The van der Waals surface area contributed by atoms with Crippen molar-refractivity contribution in [3.63, 3.8) is 0 Å². The second-order valence-electron chi connectivity index (χ2n) is 5.30. The van der Waals surface area contributed by atoms with Gasteiger partial charge in [0.05, 0.1) is 10.6 Å². The fourth-order valence-corrected chi connectivity index (χ4v) is 3.69. The Bertz CT molecular complexity index is 466. The number of hydrogen-bond donors (Lipinski definition) is 0. The molecule has 2 nitrogen and oxygen atoms in total. The first-order valence-corrected chi connectivity index (χ1v) is 9.60. The Hall–Kier alpha value is -0.540. The lowest BCUT2D eigenvalue weighted by atomic mass is 10.1. The van der Waals surface area contributed by atoms with Gasteiger partial charge in [0.15, 0.2) is 9.84 Å². The zero-order chi connectivity index (χ0) is 14.8. The van der Waals surface area contributed by atoms with Gasteiger partial charge in [0.1, 0.15) is 0 Å². The molecule has 0 aromatic heterocycles. The molecule has 1 rings (SSSR count). The minimum absolute atomic E-state index is 0.262. The topological polar surface area (TPSA) is 34.1 Å². The van der Waals surface area contributed by atoms with Gasteiger partial charge >= 0.3 is 0 Å². The number of hydrogen-bond acceptors (Lipinski definition) is 2. The summed E-state index contributed by atoms with van der Waals surface area (Å²) in [5.74, 6) is 1.01. The highest BCUT2D eigenvalue weighted by atomic mass is 35.5. The van der Waals surface area contributed by atoms with Gasteiger partial charge in [-0.05, 0) is 31.9 Å². The van der Waals surface area contributed by atoms with E-state index in [1.165, 1.54) is 19.3 Å². The first-order valence-electron chi connectivity index (χ1n) is 7.41. The fraction of sp³-hybridized carbons (Fsp3) is 0.625. The standard InChI is InChI=1S/C16H25ClO2S/c1-15-9-11-16(12-10-15)20(18,19)14-8-6-4-2-3-5-7-13-17/h9-12H,2-8,13-14H2,1H3. The fourth-order valence-electron chi connectivity index (χ4n) is 2.13. The molecule has 0 atom stereocenters. The summed E-state index contributed by atoms with van der Waals surface area (Å²) in [6, 6.07) is 7.11. The van der Waals surface area contributed by atoms with E-state index >= 15 is 0 Å². The smallest absolute Gasteiger partial charge is 0.178 e. The maximum Gasteiger partial charge on any atom is 0.178 e. The van der Waals surface area contributed by atoms with E-state index in [2.05, 4.69) is 0 Å². The SMILES string of the molecule is Cc1ccc(S(=O)(=O)CCCCCCCCCCl)cc1. The molecule has 1 aromatic carbocycles. The largest absolute Gasteiger partial charge is 0.224 e. The molecular weight excluding hydrogens is 292 g/mol. The molecule has 0 amide bonds. The van der Waals surface area contributed by atoms with Crippen LogP contribution in [0.15, 0.2) is 29.2 Å². The molecule has 0 fully saturated rings. The average molecular weight is 317 g/mol. The molecule has 0 heterocycles. The van der Waals surface area contributed by atoms with Crippen LogP contribution in [0.5, 0.6) is 0 Å². The zero-order valence-corrected chi connectivity index (χ0v) is 13.8. The Morgan fingerprint density at radius 2 is 1.35 bits per heavy atom. The second kappa shape index (κ2) is 9.41. The van der Waals surface area contributed by atoms with E-state index in [0.29, 0.717) is 4.90 Å². The Kier molecular flexibility index (Phi) is 8.24. The normalized spacial score (nSPS) is 11.7. The van der Waals surface area contributed by atoms with E-state index in [4.69, 9.17) is 11.6 Å². The van der Waals surface area contributed by atoms with Crippen LogP contribution in [0, 0.1) is 6.92 Å². The van der Waals surface area contributed by atoms with Gasteiger partial charge in [-0.15, -0.1) is 11.6 Å². The average Bonchev–Trinajstić information content (AvgIpc) is 2.42. The molecule has 0 aliphatic carbocycles. The van der Waals surface area contributed by atoms with E-state index in [9.17, 15) is 8.42 Å². The Morgan fingerprint density at radius 1 is 0.850 bits per heavy atom. The van der Waals surface area contributed by atoms with Crippen molar-refractivity contribution in [1.29, 1.82) is 0 Å². The van der Waals surface area contributed by atoms with Crippen molar-refractivity contribution in [1.82, 2.24) is 0 Å². The molecule has 4 heteroatoms. The number of halogens is 1. The van der Waals surface area contributed by atoms with Gasteiger partial charge in [0.25, 0.3) is 0 Å². The van der Waals surface area contributed by atoms with Crippen molar-refractivity contribution in [3.8, 4) is 0 Å². The molecule has 0 unspecified atom stereocenters. The first kappa shape index (κ1) is 17.5. The number of rotatable bonds is 10. The molecule has 114 valence electrons. The van der Waals surface area contributed by atoms with Gasteiger partial charge in [-0.3, -0.25) is 0 Å². The van der Waals surface area contributed by atoms with Gasteiger partial charge in [-0.25, -0.2) is 8.42 Å². The van der Waals surface area contributed by atoms with Crippen LogP contribution in [-0.2, 0) is 9.84 Å². The maximum atomic E-state index is 12.1. The number of benzene rings is 1. The zero-order valence-electron chi connectivity index (χ0n) is 12.3. The monoisotopic (exact) mass is 316 g/mol. The van der Waals surface area contributed by atoms with Gasteiger partial charge in [-0.2, -0.15) is 0 Å². The van der Waals surface area contributed by atoms with Crippen LogP contribution in [0.3, 0.4) is 0 Å². The third kappa shape index (κ3) is 6.76. The van der Waals surface area contributed by atoms with Gasteiger partial charge < -0.3 is 0 Å². The van der Waals surface area contributed by atoms with E-state index in [-0.39, 0.29) is 5.75 Å². The van der Waals surface area contributed by atoms with Crippen molar-refractivity contribution < 1.29 is 8.42 Å². The Balaban J connectivity index is 2.22. The number of alkyl halides is 1.